The second-order valence-corrected chi connectivity index (χ2v) is 6.88. The van der Waals surface area contributed by atoms with Gasteiger partial charge in [-0.2, -0.15) is 0 Å². The van der Waals surface area contributed by atoms with Crippen molar-refractivity contribution in [1.29, 1.82) is 0 Å². The van der Waals surface area contributed by atoms with Gasteiger partial charge in [0.1, 0.15) is 11.2 Å². The Balaban J connectivity index is 4.45. The minimum atomic E-state index is -4.93. The number of phosphoric acid groups is 1. The molecule has 19 heavy (non-hydrogen) atoms. The molecule has 0 aromatic heterocycles. The number of rotatable bonds is 2. The average molecular weight is 298 g/mol. The molecule has 112 valence electrons. The molecule has 1 N–H and O–H groups in total. The van der Waals surface area contributed by atoms with Crippen LogP contribution in [0.2, 0.25) is 0 Å². The standard InChI is InChI=1S/C10H19O8P/c1-9(2,3)15-7(11)17-19(13,14)18-8(12)16-10(4,5)6/h1-6H3,(H,13,14). The summed E-state index contributed by atoms with van der Waals surface area (Å²) in [6.45, 7) is 9.20. The van der Waals surface area contributed by atoms with Crippen LogP contribution in [0, 0.1) is 0 Å². The third kappa shape index (κ3) is 10.3. The smallest absolute Gasteiger partial charge is 0.428 e. The summed E-state index contributed by atoms with van der Waals surface area (Å²) in [5.41, 5.74) is -1.83. The Morgan fingerprint density at radius 2 is 1.11 bits per heavy atom. The molecule has 0 bridgehead atoms. The van der Waals surface area contributed by atoms with E-state index in [0.717, 1.165) is 0 Å². The van der Waals surface area contributed by atoms with Crippen LogP contribution < -0.4 is 0 Å². The molecule has 8 nitrogen and oxygen atoms in total. The maximum absolute atomic E-state index is 11.3. The molecule has 0 aromatic carbocycles. The van der Waals surface area contributed by atoms with E-state index in [0.29, 0.717) is 0 Å². The number of hydrogen-bond acceptors (Lipinski definition) is 7. The fourth-order valence-electron chi connectivity index (χ4n) is 0.744. The number of carbonyl (C=O) groups excluding carboxylic acids is 2. The lowest BCUT2D eigenvalue weighted by atomic mass is 10.2. The summed E-state index contributed by atoms with van der Waals surface area (Å²) in [5.74, 6) is 0. The molecule has 0 radical (unpaired) electrons. The van der Waals surface area contributed by atoms with Crippen LogP contribution in [0.25, 0.3) is 0 Å². The van der Waals surface area contributed by atoms with Gasteiger partial charge in [-0.1, -0.05) is 0 Å². The van der Waals surface area contributed by atoms with Crippen molar-refractivity contribution in [3.63, 3.8) is 0 Å². The van der Waals surface area contributed by atoms with Crippen LogP contribution in [-0.2, 0) is 23.1 Å². The predicted molar refractivity (Wildman–Crippen MR) is 64.5 cm³/mol. The van der Waals surface area contributed by atoms with Crippen molar-refractivity contribution in [3.8, 4) is 0 Å². The molecule has 0 aliphatic carbocycles. The van der Waals surface area contributed by atoms with Gasteiger partial charge in [-0.25, -0.2) is 14.2 Å². The predicted octanol–water partition coefficient (Wildman–Crippen LogP) is 2.99. The van der Waals surface area contributed by atoms with Gasteiger partial charge in [0.25, 0.3) is 0 Å². The maximum atomic E-state index is 11.3. The molecular weight excluding hydrogens is 279 g/mol. The second-order valence-electron chi connectivity index (χ2n) is 5.58. The van der Waals surface area contributed by atoms with Crippen molar-refractivity contribution in [2.75, 3.05) is 0 Å². The highest BCUT2D eigenvalue weighted by atomic mass is 31.2. The summed E-state index contributed by atoms with van der Waals surface area (Å²) in [7, 11) is -4.93. The van der Waals surface area contributed by atoms with Crippen molar-refractivity contribution in [2.24, 2.45) is 0 Å². The monoisotopic (exact) mass is 298 g/mol. The first-order chi connectivity index (χ1) is 8.20. The van der Waals surface area contributed by atoms with Gasteiger partial charge in [0.15, 0.2) is 0 Å². The average Bonchev–Trinajstić information content (AvgIpc) is 1.89. The Kier molecular flexibility index (Phi) is 5.41. The SMILES string of the molecule is CC(C)(C)OC(=O)OP(=O)(O)OC(=O)OC(C)(C)C. The van der Waals surface area contributed by atoms with E-state index < -0.39 is 31.3 Å². The summed E-state index contributed by atoms with van der Waals surface area (Å²) >= 11 is 0. The van der Waals surface area contributed by atoms with Gasteiger partial charge >= 0.3 is 20.1 Å². The first-order valence-electron chi connectivity index (χ1n) is 5.38. The van der Waals surface area contributed by atoms with Gasteiger partial charge in [0.2, 0.25) is 0 Å². The van der Waals surface area contributed by atoms with Gasteiger partial charge in [-0.15, -0.1) is 0 Å². The summed E-state index contributed by atoms with van der Waals surface area (Å²) in [5, 5.41) is 0. The lowest BCUT2D eigenvalue weighted by Crippen LogP contribution is -2.26. The minimum absolute atomic E-state index is 0.914. The van der Waals surface area contributed by atoms with Crippen molar-refractivity contribution in [2.45, 2.75) is 52.7 Å². The molecule has 0 atom stereocenters. The van der Waals surface area contributed by atoms with Crippen LogP contribution in [0.4, 0.5) is 9.59 Å². The molecule has 0 aromatic rings. The molecule has 0 unspecified atom stereocenters. The molecule has 0 heterocycles. The summed E-state index contributed by atoms with van der Waals surface area (Å²) in [4.78, 5) is 31.4. The van der Waals surface area contributed by atoms with Gasteiger partial charge in [0, 0.05) is 0 Å². The normalized spacial score (nSPS) is 12.6. The molecule has 0 spiro atoms. The Morgan fingerprint density at radius 3 is 1.32 bits per heavy atom. The fraction of sp³-hybridized carbons (Fsp3) is 0.800. The van der Waals surface area contributed by atoms with E-state index in [2.05, 4.69) is 18.5 Å². The van der Waals surface area contributed by atoms with Crippen LogP contribution >= 0.6 is 7.82 Å². The number of ether oxygens (including phenoxy) is 2. The highest BCUT2D eigenvalue weighted by Gasteiger charge is 2.35. The van der Waals surface area contributed by atoms with Crippen molar-refractivity contribution in [3.05, 3.63) is 0 Å². The minimum Gasteiger partial charge on any atom is -0.428 e. The number of phosphoric ester groups is 1. The van der Waals surface area contributed by atoms with Crippen LogP contribution in [-0.4, -0.2) is 28.4 Å². The lowest BCUT2D eigenvalue weighted by Gasteiger charge is -2.21. The molecule has 0 aliphatic rings. The Morgan fingerprint density at radius 1 is 0.842 bits per heavy atom. The maximum Gasteiger partial charge on any atom is 0.594 e. The summed E-state index contributed by atoms with van der Waals surface area (Å²) in [6, 6.07) is 0. The quantitative estimate of drug-likeness (QED) is 0.612. The zero-order valence-corrected chi connectivity index (χ0v) is 12.6. The first kappa shape index (κ1) is 17.7. The Labute approximate surface area is 111 Å². The van der Waals surface area contributed by atoms with Crippen LogP contribution in [0.1, 0.15) is 41.5 Å². The van der Waals surface area contributed by atoms with Crippen molar-refractivity contribution >= 4 is 20.1 Å². The Hall–Kier alpha value is -1.27. The highest BCUT2D eigenvalue weighted by Crippen LogP contribution is 2.44. The van der Waals surface area contributed by atoms with E-state index in [1.54, 1.807) is 0 Å². The van der Waals surface area contributed by atoms with E-state index in [1.807, 2.05) is 0 Å². The molecular formula is C10H19O8P. The van der Waals surface area contributed by atoms with Crippen LogP contribution in [0.15, 0.2) is 0 Å². The molecule has 0 aliphatic heterocycles. The first-order valence-corrected chi connectivity index (χ1v) is 6.88. The van der Waals surface area contributed by atoms with Gasteiger partial charge in [-0.3, -0.25) is 4.89 Å². The molecule has 0 rings (SSSR count). The molecule has 9 heteroatoms. The number of hydrogen-bond donors (Lipinski definition) is 1. The highest BCUT2D eigenvalue weighted by molar-refractivity contribution is 7.48. The number of carbonyl (C=O) groups is 2. The van der Waals surface area contributed by atoms with Gasteiger partial charge < -0.3 is 18.5 Å². The van der Waals surface area contributed by atoms with Crippen LogP contribution in [0.5, 0.6) is 0 Å². The van der Waals surface area contributed by atoms with E-state index in [-0.39, 0.29) is 0 Å². The molecule has 0 amide bonds. The molecule has 0 saturated heterocycles. The van der Waals surface area contributed by atoms with E-state index in [9.17, 15) is 14.2 Å². The largest absolute Gasteiger partial charge is 0.594 e. The van der Waals surface area contributed by atoms with Crippen LogP contribution in [0.3, 0.4) is 0 Å². The zero-order chi connectivity index (χ0) is 15.5. The molecule has 0 fully saturated rings. The van der Waals surface area contributed by atoms with E-state index in [1.165, 1.54) is 41.5 Å². The van der Waals surface area contributed by atoms with Gasteiger partial charge in [0.05, 0.1) is 0 Å². The van der Waals surface area contributed by atoms with E-state index >= 15 is 0 Å². The summed E-state index contributed by atoms with van der Waals surface area (Å²) < 4.78 is 28.6. The third-order valence-corrected chi connectivity index (χ3v) is 1.92. The second kappa shape index (κ2) is 5.79. The zero-order valence-electron chi connectivity index (χ0n) is 11.8. The van der Waals surface area contributed by atoms with Crippen molar-refractivity contribution < 1.29 is 37.6 Å². The van der Waals surface area contributed by atoms with Crippen molar-refractivity contribution in [1.82, 2.24) is 0 Å². The third-order valence-electron chi connectivity index (χ3n) is 1.16. The van der Waals surface area contributed by atoms with Gasteiger partial charge in [-0.05, 0) is 41.5 Å². The summed E-state index contributed by atoms with van der Waals surface area (Å²) in [6.07, 6.45) is -2.86. The topological polar surface area (TPSA) is 108 Å². The fourth-order valence-corrected chi connectivity index (χ4v) is 1.23. The van der Waals surface area contributed by atoms with E-state index in [4.69, 9.17) is 4.89 Å². The lowest BCUT2D eigenvalue weighted by molar-refractivity contribution is 0.000644. The molecule has 0 saturated carbocycles. The Bertz CT molecular complexity index is 355.